The van der Waals surface area contributed by atoms with E-state index in [1.807, 2.05) is 73.7 Å². The smallest absolute Gasteiger partial charge is 0.323 e. The van der Waals surface area contributed by atoms with Crippen molar-refractivity contribution in [2.45, 2.75) is 6.92 Å². The second kappa shape index (κ2) is 8.83. The fourth-order valence-corrected chi connectivity index (χ4v) is 2.86. The van der Waals surface area contributed by atoms with E-state index in [9.17, 15) is 4.79 Å². The van der Waals surface area contributed by atoms with E-state index in [1.54, 1.807) is 18.6 Å². The van der Waals surface area contributed by atoms with Crippen molar-refractivity contribution >= 4 is 29.0 Å². The zero-order valence-electron chi connectivity index (χ0n) is 16.3. The maximum absolute atomic E-state index is 12.3. The fourth-order valence-electron chi connectivity index (χ4n) is 2.86. The molecule has 3 N–H and O–H groups in total. The second-order valence-electron chi connectivity index (χ2n) is 6.61. The van der Waals surface area contributed by atoms with Gasteiger partial charge in [-0.25, -0.2) is 14.8 Å². The van der Waals surface area contributed by atoms with Crippen molar-refractivity contribution in [2.75, 3.05) is 16.0 Å². The second-order valence-corrected chi connectivity index (χ2v) is 6.61. The van der Waals surface area contributed by atoms with Crippen LogP contribution in [0.3, 0.4) is 0 Å². The highest BCUT2D eigenvalue weighted by molar-refractivity contribution is 6.00. The number of carbonyl (C=O) groups excluding carboxylic acids is 1. The Balaban J connectivity index is 1.49. The first-order valence-electron chi connectivity index (χ1n) is 9.41. The lowest BCUT2D eigenvalue weighted by Crippen LogP contribution is -2.19. The number of hydrogen-bond donors (Lipinski definition) is 3. The maximum atomic E-state index is 12.3. The third kappa shape index (κ3) is 4.77. The standard InChI is InChI=1S/C23H20N6O/c1-16-9-10-19(27-23(30)26-18-7-3-2-4-8-18)14-21(16)29-22-25-13-11-20(28-22)17-6-5-12-24-15-17/h2-15H,1H3,(H,25,28,29)(H2,26,27,30). The number of para-hydroxylation sites is 1. The zero-order valence-corrected chi connectivity index (χ0v) is 16.3. The van der Waals surface area contributed by atoms with E-state index < -0.39 is 0 Å². The molecule has 0 aliphatic carbocycles. The summed E-state index contributed by atoms with van der Waals surface area (Å²) in [5.41, 5.74) is 4.86. The van der Waals surface area contributed by atoms with Gasteiger partial charge in [-0.1, -0.05) is 24.3 Å². The van der Waals surface area contributed by atoms with Crippen LogP contribution in [0.2, 0.25) is 0 Å². The third-order valence-electron chi connectivity index (χ3n) is 4.39. The van der Waals surface area contributed by atoms with Crippen molar-refractivity contribution in [1.29, 1.82) is 0 Å². The van der Waals surface area contributed by atoms with Crippen LogP contribution >= 0.6 is 0 Å². The van der Waals surface area contributed by atoms with E-state index in [0.717, 1.165) is 28.2 Å². The maximum Gasteiger partial charge on any atom is 0.323 e. The lowest BCUT2D eigenvalue weighted by molar-refractivity contribution is 0.262. The van der Waals surface area contributed by atoms with Gasteiger partial charge in [0.2, 0.25) is 5.95 Å². The Hall–Kier alpha value is -4.26. The number of anilines is 4. The number of aromatic nitrogens is 3. The Morgan fingerprint density at radius 1 is 0.867 bits per heavy atom. The van der Waals surface area contributed by atoms with Crippen molar-refractivity contribution in [3.8, 4) is 11.3 Å². The number of amides is 2. The molecular formula is C23H20N6O. The molecule has 7 nitrogen and oxygen atoms in total. The molecule has 2 amide bonds. The summed E-state index contributed by atoms with van der Waals surface area (Å²) in [7, 11) is 0. The highest BCUT2D eigenvalue weighted by atomic mass is 16.2. The Labute approximate surface area is 174 Å². The molecule has 148 valence electrons. The zero-order chi connectivity index (χ0) is 20.8. The average Bonchev–Trinajstić information content (AvgIpc) is 2.77. The molecule has 0 bridgehead atoms. The number of rotatable bonds is 5. The first-order valence-corrected chi connectivity index (χ1v) is 9.41. The summed E-state index contributed by atoms with van der Waals surface area (Å²) in [5, 5.41) is 8.87. The van der Waals surface area contributed by atoms with Gasteiger partial charge < -0.3 is 16.0 Å². The lowest BCUT2D eigenvalue weighted by atomic mass is 10.2. The van der Waals surface area contributed by atoms with Crippen LogP contribution in [0.25, 0.3) is 11.3 Å². The molecule has 0 fully saturated rings. The molecule has 4 rings (SSSR count). The summed E-state index contributed by atoms with van der Waals surface area (Å²) in [5.74, 6) is 0.463. The molecule has 2 aromatic carbocycles. The summed E-state index contributed by atoms with van der Waals surface area (Å²) in [6.45, 7) is 1.97. The van der Waals surface area contributed by atoms with Gasteiger partial charge in [-0.05, 0) is 55.0 Å². The Morgan fingerprint density at radius 3 is 2.50 bits per heavy atom. The molecule has 0 saturated heterocycles. The van der Waals surface area contributed by atoms with E-state index in [-0.39, 0.29) is 6.03 Å². The highest BCUT2D eigenvalue weighted by Gasteiger charge is 2.08. The van der Waals surface area contributed by atoms with Crippen LogP contribution in [-0.2, 0) is 0 Å². The van der Waals surface area contributed by atoms with Gasteiger partial charge in [0, 0.05) is 41.2 Å². The monoisotopic (exact) mass is 396 g/mol. The minimum Gasteiger partial charge on any atom is -0.324 e. The quantitative estimate of drug-likeness (QED) is 0.429. The van der Waals surface area contributed by atoms with Gasteiger partial charge >= 0.3 is 6.03 Å². The van der Waals surface area contributed by atoms with E-state index in [2.05, 4.69) is 30.9 Å². The predicted octanol–water partition coefficient (Wildman–Crippen LogP) is 5.23. The molecule has 0 aliphatic heterocycles. The van der Waals surface area contributed by atoms with E-state index in [1.165, 1.54) is 0 Å². The number of hydrogen-bond acceptors (Lipinski definition) is 5. The number of nitrogens with one attached hydrogen (secondary N) is 3. The highest BCUT2D eigenvalue weighted by Crippen LogP contribution is 2.24. The van der Waals surface area contributed by atoms with Crippen LogP contribution < -0.4 is 16.0 Å². The molecule has 0 atom stereocenters. The van der Waals surface area contributed by atoms with Gasteiger partial charge in [-0.3, -0.25) is 4.98 Å². The molecule has 0 spiro atoms. The van der Waals surface area contributed by atoms with Gasteiger partial charge in [0.15, 0.2) is 0 Å². The Morgan fingerprint density at radius 2 is 1.70 bits per heavy atom. The van der Waals surface area contributed by atoms with Gasteiger partial charge in [0.05, 0.1) is 5.69 Å². The molecule has 0 unspecified atom stereocenters. The van der Waals surface area contributed by atoms with Crippen molar-refractivity contribution in [1.82, 2.24) is 15.0 Å². The summed E-state index contributed by atoms with van der Waals surface area (Å²) >= 11 is 0. The number of benzene rings is 2. The third-order valence-corrected chi connectivity index (χ3v) is 4.39. The molecule has 0 radical (unpaired) electrons. The van der Waals surface area contributed by atoms with Crippen LogP contribution in [0.1, 0.15) is 5.56 Å². The number of urea groups is 1. The molecule has 30 heavy (non-hydrogen) atoms. The number of carbonyl (C=O) groups is 1. The van der Waals surface area contributed by atoms with E-state index >= 15 is 0 Å². The van der Waals surface area contributed by atoms with Gasteiger partial charge in [-0.2, -0.15) is 0 Å². The van der Waals surface area contributed by atoms with Crippen LogP contribution in [0, 0.1) is 6.92 Å². The molecule has 2 aromatic heterocycles. The minimum atomic E-state index is -0.314. The minimum absolute atomic E-state index is 0.314. The van der Waals surface area contributed by atoms with Crippen molar-refractivity contribution in [3.05, 3.63) is 90.9 Å². The molecular weight excluding hydrogens is 376 g/mol. The first kappa shape index (κ1) is 19.1. The summed E-state index contributed by atoms with van der Waals surface area (Å²) in [4.78, 5) is 25.3. The van der Waals surface area contributed by atoms with E-state index in [0.29, 0.717) is 11.6 Å². The summed E-state index contributed by atoms with van der Waals surface area (Å²) in [6, 6.07) is 20.2. The molecule has 4 aromatic rings. The molecule has 7 heteroatoms. The van der Waals surface area contributed by atoms with Crippen LogP contribution in [-0.4, -0.2) is 21.0 Å². The number of pyridine rings is 1. The van der Waals surface area contributed by atoms with Gasteiger partial charge in [-0.15, -0.1) is 0 Å². The largest absolute Gasteiger partial charge is 0.324 e. The van der Waals surface area contributed by atoms with Crippen molar-refractivity contribution < 1.29 is 4.79 Å². The fraction of sp³-hybridized carbons (Fsp3) is 0.0435. The van der Waals surface area contributed by atoms with E-state index in [4.69, 9.17) is 0 Å². The molecule has 2 heterocycles. The van der Waals surface area contributed by atoms with Gasteiger partial charge in [0.25, 0.3) is 0 Å². The summed E-state index contributed by atoms with van der Waals surface area (Å²) < 4.78 is 0. The first-order chi connectivity index (χ1) is 14.7. The SMILES string of the molecule is Cc1ccc(NC(=O)Nc2ccccc2)cc1Nc1nccc(-c2cccnc2)n1. The van der Waals surface area contributed by atoms with Crippen molar-refractivity contribution in [3.63, 3.8) is 0 Å². The molecule has 0 aliphatic rings. The number of nitrogens with zero attached hydrogens (tertiary/aromatic N) is 3. The predicted molar refractivity (Wildman–Crippen MR) is 119 cm³/mol. The number of aryl methyl sites for hydroxylation is 1. The van der Waals surface area contributed by atoms with Crippen LogP contribution in [0.5, 0.6) is 0 Å². The van der Waals surface area contributed by atoms with Crippen LogP contribution in [0.15, 0.2) is 85.3 Å². The summed E-state index contributed by atoms with van der Waals surface area (Å²) in [6.07, 6.45) is 5.18. The van der Waals surface area contributed by atoms with Crippen molar-refractivity contribution in [2.24, 2.45) is 0 Å². The Bertz CT molecular complexity index is 1150. The molecule has 0 saturated carbocycles. The lowest BCUT2D eigenvalue weighted by Gasteiger charge is -2.12. The van der Waals surface area contributed by atoms with Crippen LogP contribution in [0.4, 0.5) is 27.8 Å². The van der Waals surface area contributed by atoms with Gasteiger partial charge in [0.1, 0.15) is 0 Å². The Kier molecular flexibility index (Phi) is 5.61. The topological polar surface area (TPSA) is 91.8 Å². The average molecular weight is 396 g/mol. The normalized spacial score (nSPS) is 10.3.